The van der Waals surface area contributed by atoms with Gasteiger partial charge in [-0.15, -0.1) is 0 Å². The normalized spacial score (nSPS) is 12.3. The molecular formula is C29H39F3N2O5. The van der Waals surface area contributed by atoms with Gasteiger partial charge in [0.15, 0.2) is 6.10 Å². The number of carbonyl (C=O) groups excluding carboxylic acids is 1. The van der Waals surface area contributed by atoms with Gasteiger partial charge in [0.1, 0.15) is 12.4 Å². The number of amides is 2. The number of carboxylic acid groups (broad SMARTS) is 1. The Balaban J connectivity index is 2.03. The Labute approximate surface area is 228 Å². The number of anilines is 1. The van der Waals surface area contributed by atoms with Crippen molar-refractivity contribution in [2.45, 2.75) is 65.2 Å². The summed E-state index contributed by atoms with van der Waals surface area (Å²) in [5.74, 6) is -0.148. The highest BCUT2D eigenvalue weighted by Crippen LogP contribution is 2.30. The average Bonchev–Trinajstić information content (AvgIpc) is 2.88. The maximum absolute atomic E-state index is 13.1. The fourth-order valence-corrected chi connectivity index (χ4v) is 4.30. The molecule has 0 saturated heterocycles. The van der Waals surface area contributed by atoms with Crippen molar-refractivity contribution in [3.8, 4) is 5.75 Å². The molecule has 1 unspecified atom stereocenters. The molecule has 0 aliphatic heterocycles. The maximum Gasteiger partial charge on any atom is 0.416 e. The van der Waals surface area contributed by atoms with Crippen molar-refractivity contribution in [2.75, 3.05) is 31.6 Å². The van der Waals surface area contributed by atoms with Crippen molar-refractivity contribution >= 4 is 17.7 Å². The third-order valence-electron chi connectivity index (χ3n) is 6.24. The zero-order valence-electron chi connectivity index (χ0n) is 22.8. The molecule has 0 radical (unpaired) electrons. The van der Waals surface area contributed by atoms with Gasteiger partial charge >= 0.3 is 18.2 Å². The van der Waals surface area contributed by atoms with Crippen LogP contribution in [0.15, 0.2) is 48.5 Å². The lowest BCUT2D eigenvalue weighted by Crippen LogP contribution is -2.41. The Morgan fingerprint density at radius 1 is 0.974 bits per heavy atom. The van der Waals surface area contributed by atoms with Crippen LogP contribution in [0.4, 0.5) is 23.7 Å². The molecule has 1 atom stereocenters. The number of nitrogens with one attached hydrogen (secondary N) is 1. The van der Waals surface area contributed by atoms with Crippen LogP contribution >= 0.6 is 0 Å². The first-order valence-corrected chi connectivity index (χ1v) is 13.4. The summed E-state index contributed by atoms with van der Waals surface area (Å²) in [7, 11) is 0. The standard InChI is InChI=1S/C29H39F3N2O5/c1-4-7-22(8-5-2)20-34(28(37)33-24-13-11-23(12-14-24)29(30,31)32)17-18-39-25-15-9-21(10-16-25)19-26(27(35)36)38-6-3/h9-16,22,26H,4-8,17-20H2,1-3H3,(H,33,37)(H,35,36). The summed E-state index contributed by atoms with van der Waals surface area (Å²) in [5.41, 5.74) is 0.297. The van der Waals surface area contributed by atoms with Crippen LogP contribution in [0, 0.1) is 5.92 Å². The summed E-state index contributed by atoms with van der Waals surface area (Å²) in [6.45, 7) is 7.23. The number of aliphatic carboxylic acids is 1. The molecule has 2 amide bonds. The molecule has 39 heavy (non-hydrogen) atoms. The molecule has 2 aromatic rings. The SMILES string of the molecule is CCCC(CCC)CN(CCOc1ccc(CC(OCC)C(=O)O)cc1)C(=O)Nc1ccc(C(F)(F)F)cc1. The van der Waals surface area contributed by atoms with Gasteiger partial charge in [0.2, 0.25) is 0 Å². The van der Waals surface area contributed by atoms with Crippen LogP contribution in [0.25, 0.3) is 0 Å². The summed E-state index contributed by atoms with van der Waals surface area (Å²) in [6.07, 6.45) is -1.26. The van der Waals surface area contributed by atoms with Crippen LogP contribution in [0.1, 0.15) is 57.6 Å². The number of rotatable bonds is 16. The predicted octanol–water partition coefficient (Wildman–Crippen LogP) is 6.87. The number of urea groups is 1. The minimum absolute atomic E-state index is 0.210. The molecule has 0 spiro atoms. The highest BCUT2D eigenvalue weighted by atomic mass is 19.4. The van der Waals surface area contributed by atoms with Crippen LogP contribution in [-0.2, 0) is 22.1 Å². The Bertz CT molecular complexity index is 1010. The number of halogens is 3. The van der Waals surface area contributed by atoms with Gasteiger partial charge < -0.3 is 24.8 Å². The van der Waals surface area contributed by atoms with Crippen molar-refractivity contribution in [1.82, 2.24) is 4.90 Å². The van der Waals surface area contributed by atoms with Crippen LogP contribution in [-0.4, -0.2) is 54.4 Å². The molecule has 2 rings (SSSR count). The molecule has 2 aromatic carbocycles. The van der Waals surface area contributed by atoms with E-state index in [0.717, 1.165) is 43.4 Å². The molecule has 216 valence electrons. The maximum atomic E-state index is 13.1. The predicted molar refractivity (Wildman–Crippen MR) is 144 cm³/mol. The molecule has 0 heterocycles. The number of hydrogen-bond donors (Lipinski definition) is 2. The number of carbonyl (C=O) groups is 2. The van der Waals surface area contributed by atoms with Crippen LogP contribution in [0.2, 0.25) is 0 Å². The van der Waals surface area contributed by atoms with Gasteiger partial charge in [0.25, 0.3) is 0 Å². The Morgan fingerprint density at radius 3 is 2.10 bits per heavy atom. The molecule has 7 nitrogen and oxygen atoms in total. The zero-order valence-corrected chi connectivity index (χ0v) is 22.8. The second kappa shape index (κ2) is 16.0. The van der Waals surface area contributed by atoms with E-state index in [1.165, 1.54) is 12.1 Å². The summed E-state index contributed by atoms with van der Waals surface area (Å²) in [4.78, 5) is 26.1. The van der Waals surface area contributed by atoms with Gasteiger partial charge in [-0.3, -0.25) is 0 Å². The fourth-order valence-electron chi connectivity index (χ4n) is 4.30. The average molecular weight is 553 g/mol. The van der Waals surface area contributed by atoms with Crippen molar-refractivity contribution in [1.29, 1.82) is 0 Å². The second-order valence-electron chi connectivity index (χ2n) is 9.37. The fraction of sp³-hybridized carbons (Fsp3) is 0.517. The van der Waals surface area contributed by atoms with E-state index < -0.39 is 29.8 Å². The smallest absolute Gasteiger partial charge is 0.416 e. The largest absolute Gasteiger partial charge is 0.492 e. The monoisotopic (exact) mass is 552 g/mol. The molecule has 0 aromatic heterocycles. The van der Waals surface area contributed by atoms with E-state index in [4.69, 9.17) is 9.47 Å². The van der Waals surface area contributed by atoms with Gasteiger partial charge in [-0.25, -0.2) is 9.59 Å². The van der Waals surface area contributed by atoms with Crippen molar-refractivity contribution in [2.24, 2.45) is 5.92 Å². The topological polar surface area (TPSA) is 88.1 Å². The van der Waals surface area contributed by atoms with Crippen LogP contribution < -0.4 is 10.1 Å². The Morgan fingerprint density at radius 2 is 1.59 bits per heavy atom. The van der Waals surface area contributed by atoms with Crippen molar-refractivity contribution in [3.05, 3.63) is 59.7 Å². The highest BCUT2D eigenvalue weighted by Gasteiger charge is 2.30. The number of ether oxygens (including phenoxy) is 2. The Hall–Kier alpha value is -3.27. The Kier molecular flexibility index (Phi) is 13.1. The lowest BCUT2D eigenvalue weighted by atomic mass is 9.98. The summed E-state index contributed by atoms with van der Waals surface area (Å²) >= 11 is 0. The molecule has 0 saturated carbocycles. The van der Waals surface area contributed by atoms with Crippen LogP contribution in [0.5, 0.6) is 5.75 Å². The molecule has 0 aliphatic rings. The van der Waals surface area contributed by atoms with E-state index in [1.54, 1.807) is 36.1 Å². The van der Waals surface area contributed by atoms with Crippen molar-refractivity contribution < 1.29 is 37.3 Å². The minimum Gasteiger partial charge on any atom is -0.492 e. The minimum atomic E-state index is -4.45. The van der Waals surface area contributed by atoms with Crippen molar-refractivity contribution in [3.63, 3.8) is 0 Å². The zero-order chi connectivity index (χ0) is 28.8. The number of alkyl halides is 3. The van der Waals surface area contributed by atoms with Crippen LogP contribution in [0.3, 0.4) is 0 Å². The third kappa shape index (κ3) is 11.2. The number of carboxylic acids is 1. The summed E-state index contributed by atoms with van der Waals surface area (Å²) in [6, 6.07) is 11.0. The number of hydrogen-bond acceptors (Lipinski definition) is 4. The third-order valence-corrected chi connectivity index (χ3v) is 6.24. The summed E-state index contributed by atoms with van der Waals surface area (Å²) in [5, 5.41) is 12.0. The van der Waals surface area contributed by atoms with E-state index in [1.807, 2.05) is 0 Å². The first-order chi connectivity index (χ1) is 18.6. The number of benzene rings is 2. The molecular weight excluding hydrogens is 513 g/mol. The van der Waals surface area contributed by atoms with E-state index in [2.05, 4.69) is 19.2 Å². The second-order valence-corrected chi connectivity index (χ2v) is 9.37. The summed E-state index contributed by atoms with van der Waals surface area (Å²) < 4.78 is 49.8. The quantitative estimate of drug-likeness (QED) is 0.237. The van der Waals surface area contributed by atoms with E-state index in [0.29, 0.717) is 24.8 Å². The molecule has 0 aliphatic carbocycles. The van der Waals surface area contributed by atoms with Gasteiger partial charge in [-0.2, -0.15) is 13.2 Å². The van der Waals surface area contributed by atoms with E-state index >= 15 is 0 Å². The molecule has 10 heteroatoms. The van der Waals surface area contributed by atoms with Gasteiger partial charge in [0.05, 0.1) is 12.1 Å². The van der Waals surface area contributed by atoms with E-state index in [-0.39, 0.29) is 25.3 Å². The lowest BCUT2D eigenvalue weighted by molar-refractivity contribution is -0.150. The van der Waals surface area contributed by atoms with Gasteiger partial charge in [-0.1, -0.05) is 38.8 Å². The highest BCUT2D eigenvalue weighted by molar-refractivity contribution is 5.89. The molecule has 2 N–H and O–H groups in total. The van der Waals surface area contributed by atoms with Gasteiger partial charge in [-0.05, 0) is 67.6 Å². The van der Waals surface area contributed by atoms with Gasteiger partial charge in [0, 0.05) is 25.3 Å². The molecule has 0 fully saturated rings. The first-order valence-electron chi connectivity index (χ1n) is 13.4. The van der Waals surface area contributed by atoms with E-state index in [9.17, 15) is 27.9 Å². The first kappa shape index (κ1) is 31.9. The molecule has 0 bridgehead atoms. The lowest BCUT2D eigenvalue weighted by Gasteiger charge is -2.28. The number of nitrogens with zero attached hydrogens (tertiary/aromatic N) is 1.